The molecule has 1 aliphatic rings. The van der Waals surface area contributed by atoms with Crippen molar-refractivity contribution in [1.82, 2.24) is 5.32 Å². The average Bonchev–Trinajstić information content (AvgIpc) is 2.14. The van der Waals surface area contributed by atoms with Crippen molar-refractivity contribution in [2.24, 2.45) is 0 Å². The van der Waals surface area contributed by atoms with E-state index in [1.807, 2.05) is 0 Å². The Morgan fingerprint density at radius 3 is 2.78 bits per heavy atom. The summed E-state index contributed by atoms with van der Waals surface area (Å²) in [6.07, 6.45) is 0.228. The van der Waals surface area contributed by atoms with E-state index in [-0.39, 0.29) is 11.9 Å². The monoisotopic (exact) mass is 131 g/mol. The van der Waals surface area contributed by atoms with Gasteiger partial charge in [0.15, 0.2) is 0 Å². The van der Waals surface area contributed by atoms with Crippen LogP contribution in [0.1, 0.15) is 19.8 Å². The lowest BCUT2D eigenvalue weighted by atomic mass is 10.1. The highest BCUT2D eigenvalue weighted by atomic mass is 19.1. The van der Waals surface area contributed by atoms with E-state index in [0.29, 0.717) is 12.8 Å². The number of hydrogen-bond donors (Lipinski definition) is 1. The molecule has 9 heavy (non-hydrogen) atoms. The van der Waals surface area contributed by atoms with Crippen LogP contribution in [-0.2, 0) is 4.79 Å². The fourth-order valence-electron chi connectivity index (χ4n) is 0.982. The lowest BCUT2D eigenvalue weighted by Crippen LogP contribution is -2.32. The Kier molecular flexibility index (Phi) is 1.69. The highest BCUT2D eigenvalue weighted by Gasteiger charge is 2.25. The summed E-state index contributed by atoms with van der Waals surface area (Å²) in [5.74, 6) is -0.0236. The highest BCUT2D eigenvalue weighted by Crippen LogP contribution is 2.11. The first-order chi connectivity index (χ1) is 4.20. The van der Waals surface area contributed by atoms with Crippen molar-refractivity contribution in [1.29, 1.82) is 0 Å². The van der Waals surface area contributed by atoms with Gasteiger partial charge in [-0.05, 0) is 13.3 Å². The molecule has 1 rings (SSSR count). The first-order valence-electron chi connectivity index (χ1n) is 3.13. The summed E-state index contributed by atoms with van der Waals surface area (Å²) in [4.78, 5) is 10.5. The van der Waals surface area contributed by atoms with E-state index in [2.05, 4.69) is 5.32 Å². The van der Waals surface area contributed by atoms with Crippen LogP contribution in [0.5, 0.6) is 0 Å². The number of hydrogen-bond acceptors (Lipinski definition) is 1. The topological polar surface area (TPSA) is 29.1 Å². The van der Waals surface area contributed by atoms with Crippen molar-refractivity contribution in [2.45, 2.75) is 32.0 Å². The standard InChI is InChI=1S/C6H10FNO/c1-4(7)5-2-3-6(9)8-5/h4-5H,2-3H2,1H3,(H,8,9)/t4?,5-/m1/s1. The second kappa shape index (κ2) is 2.33. The van der Waals surface area contributed by atoms with Gasteiger partial charge >= 0.3 is 0 Å². The van der Waals surface area contributed by atoms with E-state index in [1.54, 1.807) is 0 Å². The quantitative estimate of drug-likeness (QED) is 0.555. The number of alkyl halides is 1. The molecule has 2 nitrogen and oxygen atoms in total. The molecule has 1 amide bonds. The van der Waals surface area contributed by atoms with Gasteiger partial charge in [-0.3, -0.25) is 4.79 Å². The number of amides is 1. The fraction of sp³-hybridized carbons (Fsp3) is 0.833. The Bertz CT molecular complexity index is 124. The van der Waals surface area contributed by atoms with Gasteiger partial charge in [-0.2, -0.15) is 0 Å². The summed E-state index contributed by atoms with van der Waals surface area (Å²) >= 11 is 0. The molecule has 2 atom stereocenters. The largest absolute Gasteiger partial charge is 0.350 e. The van der Waals surface area contributed by atoms with E-state index < -0.39 is 6.17 Å². The molecule has 0 bridgehead atoms. The van der Waals surface area contributed by atoms with Gasteiger partial charge in [0.1, 0.15) is 6.17 Å². The number of nitrogens with one attached hydrogen (secondary N) is 1. The Morgan fingerprint density at radius 1 is 1.89 bits per heavy atom. The summed E-state index contributed by atoms with van der Waals surface area (Å²) in [6.45, 7) is 1.47. The summed E-state index contributed by atoms with van der Waals surface area (Å²) < 4.78 is 12.4. The zero-order valence-corrected chi connectivity index (χ0v) is 5.36. The molecule has 1 saturated heterocycles. The minimum atomic E-state index is -0.906. The third-order valence-corrected chi connectivity index (χ3v) is 1.58. The fourth-order valence-corrected chi connectivity index (χ4v) is 0.982. The van der Waals surface area contributed by atoms with Gasteiger partial charge in [0.25, 0.3) is 0 Å². The van der Waals surface area contributed by atoms with E-state index in [9.17, 15) is 9.18 Å². The number of carbonyl (C=O) groups excluding carboxylic acids is 1. The van der Waals surface area contributed by atoms with Crippen LogP contribution in [0.2, 0.25) is 0 Å². The third-order valence-electron chi connectivity index (χ3n) is 1.58. The van der Waals surface area contributed by atoms with Crippen molar-refractivity contribution in [2.75, 3.05) is 0 Å². The molecule has 0 aromatic carbocycles. The van der Waals surface area contributed by atoms with Gasteiger partial charge in [-0.25, -0.2) is 4.39 Å². The van der Waals surface area contributed by atoms with Gasteiger partial charge < -0.3 is 5.32 Å². The van der Waals surface area contributed by atoms with Crippen molar-refractivity contribution in [3.8, 4) is 0 Å². The van der Waals surface area contributed by atoms with Crippen LogP contribution in [0, 0.1) is 0 Å². The lowest BCUT2D eigenvalue weighted by molar-refractivity contribution is -0.119. The lowest BCUT2D eigenvalue weighted by Gasteiger charge is -2.09. The van der Waals surface area contributed by atoms with Gasteiger partial charge in [-0.1, -0.05) is 0 Å². The van der Waals surface area contributed by atoms with Crippen molar-refractivity contribution in [3.63, 3.8) is 0 Å². The first kappa shape index (κ1) is 6.52. The molecule has 0 aromatic rings. The maximum absolute atomic E-state index is 12.4. The molecular formula is C6H10FNO. The predicted molar refractivity (Wildman–Crippen MR) is 31.7 cm³/mol. The first-order valence-corrected chi connectivity index (χ1v) is 3.13. The molecule has 0 radical (unpaired) electrons. The maximum atomic E-state index is 12.4. The van der Waals surface area contributed by atoms with E-state index in [0.717, 1.165) is 0 Å². The molecule has 0 aliphatic carbocycles. The van der Waals surface area contributed by atoms with Crippen LogP contribution in [0.4, 0.5) is 4.39 Å². The van der Waals surface area contributed by atoms with Crippen molar-refractivity contribution in [3.05, 3.63) is 0 Å². The molecule has 3 heteroatoms. The second-order valence-electron chi connectivity index (χ2n) is 2.39. The zero-order chi connectivity index (χ0) is 6.85. The van der Waals surface area contributed by atoms with Gasteiger partial charge in [0.2, 0.25) is 5.91 Å². The Hall–Kier alpha value is -0.600. The van der Waals surface area contributed by atoms with Crippen LogP contribution < -0.4 is 5.32 Å². The molecule has 1 fully saturated rings. The molecule has 0 aromatic heterocycles. The summed E-state index contributed by atoms with van der Waals surface area (Å²) in [5, 5.41) is 2.54. The maximum Gasteiger partial charge on any atom is 0.220 e. The summed E-state index contributed by atoms with van der Waals surface area (Å²) in [7, 11) is 0. The van der Waals surface area contributed by atoms with Crippen molar-refractivity contribution < 1.29 is 9.18 Å². The number of rotatable bonds is 1. The van der Waals surface area contributed by atoms with Crippen LogP contribution in [0.3, 0.4) is 0 Å². The summed E-state index contributed by atoms with van der Waals surface area (Å²) in [5.41, 5.74) is 0. The number of carbonyl (C=O) groups is 1. The molecule has 0 saturated carbocycles. The minimum Gasteiger partial charge on any atom is -0.350 e. The SMILES string of the molecule is CC(F)[C@H]1CCC(=O)N1. The summed E-state index contributed by atoms with van der Waals surface area (Å²) in [6, 6.07) is -0.225. The Labute approximate surface area is 53.4 Å². The van der Waals surface area contributed by atoms with Crippen LogP contribution in [0.15, 0.2) is 0 Å². The van der Waals surface area contributed by atoms with Gasteiger partial charge in [-0.15, -0.1) is 0 Å². The van der Waals surface area contributed by atoms with Crippen LogP contribution in [-0.4, -0.2) is 18.1 Å². The molecule has 0 spiro atoms. The predicted octanol–water partition coefficient (Wildman–Crippen LogP) is 0.623. The molecule has 1 aliphatic heterocycles. The Morgan fingerprint density at radius 2 is 2.56 bits per heavy atom. The Balaban J connectivity index is 2.39. The van der Waals surface area contributed by atoms with E-state index in [4.69, 9.17) is 0 Å². The third kappa shape index (κ3) is 1.40. The molecule has 1 N–H and O–H groups in total. The normalized spacial score (nSPS) is 30.0. The zero-order valence-electron chi connectivity index (χ0n) is 5.36. The number of halogens is 1. The minimum absolute atomic E-state index is 0.0236. The molecule has 1 heterocycles. The molecule has 1 unspecified atom stereocenters. The second-order valence-corrected chi connectivity index (χ2v) is 2.39. The average molecular weight is 131 g/mol. The molecule has 52 valence electrons. The molecular weight excluding hydrogens is 121 g/mol. The highest BCUT2D eigenvalue weighted by molar-refractivity contribution is 5.78. The van der Waals surface area contributed by atoms with Crippen LogP contribution in [0.25, 0.3) is 0 Å². The van der Waals surface area contributed by atoms with Crippen LogP contribution >= 0.6 is 0 Å². The van der Waals surface area contributed by atoms with E-state index in [1.165, 1.54) is 6.92 Å². The van der Waals surface area contributed by atoms with E-state index >= 15 is 0 Å². The van der Waals surface area contributed by atoms with Crippen molar-refractivity contribution >= 4 is 5.91 Å². The van der Waals surface area contributed by atoms with Gasteiger partial charge in [0, 0.05) is 6.42 Å². The smallest absolute Gasteiger partial charge is 0.220 e. The van der Waals surface area contributed by atoms with Gasteiger partial charge in [0.05, 0.1) is 6.04 Å².